The number of fused-ring (bicyclic) bond motifs is 1. The average molecular weight is 379 g/mol. The Kier molecular flexibility index (Phi) is 4.65. The number of aromatic nitrogens is 4. The van der Waals surface area contributed by atoms with E-state index in [2.05, 4.69) is 20.6 Å². The SMILES string of the molecule is C[C@@H](Nc1ccc2[nH]nc(/C=C/c3cnn(C)c3)c2c1)c1cc(F)cc(F)c1. The second-order valence-electron chi connectivity index (χ2n) is 6.72. The fourth-order valence-corrected chi connectivity index (χ4v) is 3.11. The van der Waals surface area contributed by atoms with Crippen LogP contribution in [0.15, 0.2) is 48.8 Å². The predicted molar refractivity (Wildman–Crippen MR) is 107 cm³/mol. The number of nitrogens with zero attached hydrogens (tertiary/aromatic N) is 3. The normalized spacial score (nSPS) is 12.7. The summed E-state index contributed by atoms with van der Waals surface area (Å²) in [6.45, 7) is 1.86. The summed E-state index contributed by atoms with van der Waals surface area (Å²) in [5.41, 5.74) is 4.06. The van der Waals surface area contributed by atoms with Gasteiger partial charge in [0.15, 0.2) is 0 Å². The smallest absolute Gasteiger partial charge is 0.126 e. The monoisotopic (exact) mass is 379 g/mol. The molecule has 2 heterocycles. The maximum atomic E-state index is 13.5. The average Bonchev–Trinajstić information content (AvgIpc) is 3.24. The Bertz CT molecular complexity index is 1140. The van der Waals surface area contributed by atoms with Crippen molar-refractivity contribution < 1.29 is 8.78 Å². The first-order valence-electron chi connectivity index (χ1n) is 8.85. The number of aryl methyl sites for hydroxylation is 1. The van der Waals surface area contributed by atoms with Gasteiger partial charge >= 0.3 is 0 Å². The molecule has 0 spiro atoms. The molecule has 0 unspecified atom stereocenters. The van der Waals surface area contributed by atoms with Crippen LogP contribution in [-0.4, -0.2) is 20.0 Å². The number of nitrogens with one attached hydrogen (secondary N) is 2. The highest BCUT2D eigenvalue weighted by molar-refractivity contribution is 5.91. The molecule has 28 heavy (non-hydrogen) atoms. The molecule has 0 aliphatic carbocycles. The van der Waals surface area contributed by atoms with E-state index in [4.69, 9.17) is 0 Å². The first-order valence-corrected chi connectivity index (χ1v) is 8.85. The Balaban J connectivity index is 1.59. The summed E-state index contributed by atoms with van der Waals surface area (Å²) in [5.74, 6) is -1.17. The zero-order valence-electron chi connectivity index (χ0n) is 15.4. The van der Waals surface area contributed by atoms with Crippen LogP contribution in [0.2, 0.25) is 0 Å². The van der Waals surface area contributed by atoms with Gasteiger partial charge in [0.1, 0.15) is 11.6 Å². The minimum atomic E-state index is -0.586. The molecule has 4 rings (SSSR count). The van der Waals surface area contributed by atoms with E-state index in [0.29, 0.717) is 5.56 Å². The van der Waals surface area contributed by atoms with Crippen LogP contribution in [0.5, 0.6) is 0 Å². The molecule has 1 atom stereocenters. The van der Waals surface area contributed by atoms with Gasteiger partial charge < -0.3 is 5.32 Å². The van der Waals surface area contributed by atoms with E-state index < -0.39 is 11.6 Å². The van der Waals surface area contributed by atoms with Gasteiger partial charge in [-0.2, -0.15) is 10.2 Å². The van der Waals surface area contributed by atoms with Gasteiger partial charge in [-0.3, -0.25) is 9.78 Å². The predicted octanol–water partition coefficient (Wildman–Crippen LogP) is 4.92. The molecule has 0 amide bonds. The van der Waals surface area contributed by atoms with Gasteiger partial charge in [0.25, 0.3) is 0 Å². The maximum absolute atomic E-state index is 13.5. The number of aromatic amines is 1. The first-order chi connectivity index (χ1) is 13.5. The second-order valence-corrected chi connectivity index (χ2v) is 6.72. The highest BCUT2D eigenvalue weighted by Gasteiger charge is 2.10. The van der Waals surface area contributed by atoms with Gasteiger partial charge in [0, 0.05) is 42.0 Å². The molecule has 0 radical (unpaired) electrons. The summed E-state index contributed by atoms with van der Waals surface area (Å²) in [4.78, 5) is 0. The first kappa shape index (κ1) is 17.9. The summed E-state index contributed by atoms with van der Waals surface area (Å²) in [6.07, 6.45) is 7.56. The van der Waals surface area contributed by atoms with E-state index in [0.717, 1.165) is 33.9 Å². The number of halogens is 2. The van der Waals surface area contributed by atoms with Gasteiger partial charge in [-0.1, -0.05) is 0 Å². The lowest BCUT2D eigenvalue weighted by atomic mass is 10.1. The van der Waals surface area contributed by atoms with E-state index in [-0.39, 0.29) is 6.04 Å². The summed E-state index contributed by atoms with van der Waals surface area (Å²) in [5, 5.41) is 15.7. The number of benzene rings is 2. The van der Waals surface area contributed by atoms with E-state index >= 15 is 0 Å². The summed E-state index contributed by atoms with van der Waals surface area (Å²) >= 11 is 0. The van der Waals surface area contributed by atoms with Crippen molar-refractivity contribution in [3.8, 4) is 0 Å². The number of anilines is 1. The highest BCUT2D eigenvalue weighted by atomic mass is 19.1. The fourth-order valence-electron chi connectivity index (χ4n) is 3.11. The Morgan fingerprint density at radius 1 is 1.11 bits per heavy atom. The quantitative estimate of drug-likeness (QED) is 0.518. The molecule has 0 bridgehead atoms. The molecule has 142 valence electrons. The molecule has 5 nitrogen and oxygen atoms in total. The van der Waals surface area contributed by atoms with Gasteiger partial charge in [-0.25, -0.2) is 8.78 Å². The van der Waals surface area contributed by atoms with Crippen LogP contribution in [0, 0.1) is 11.6 Å². The Hall–Kier alpha value is -3.48. The van der Waals surface area contributed by atoms with Gasteiger partial charge in [-0.15, -0.1) is 0 Å². The molecule has 2 N–H and O–H groups in total. The van der Waals surface area contributed by atoms with Crippen LogP contribution in [0.25, 0.3) is 23.1 Å². The maximum Gasteiger partial charge on any atom is 0.126 e. The van der Waals surface area contributed by atoms with E-state index in [1.54, 1.807) is 10.9 Å². The molecule has 7 heteroatoms. The highest BCUT2D eigenvalue weighted by Crippen LogP contribution is 2.26. The fraction of sp³-hybridized carbons (Fsp3) is 0.143. The van der Waals surface area contributed by atoms with Crippen molar-refractivity contribution in [2.45, 2.75) is 13.0 Å². The number of hydrogen-bond acceptors (Lipinski definition) is 3. The van der Waals surface area contributed by atoms with Gasteiger partial charge in [-0.05, 0) is 55.0 Å². The Morgan fingerprint density at radius 3 is 2.61 bits per heavy atom. The molecular weight excluding hydrogens is 360 g/mol. The van der Waals surface area contributed by atoms with Crippen LogP contribution in [0.3, 0.4) is 0 Å². The summed E-state index contributed by atoms with van der Waals surface area (Å²) in [6, 6.07) is 9.07. The lowest BCUT2D eigenvalue weighted by Crippen LogP contribution is -2.07. The number of hydrogen-bond donors (Lipinski definition) is 2. The third-order valence-corrected chi connectivity index (χ3v) is 4.52. The Labute approximate surface area is 160 Å². The van der Waals surface area contributed by atoms with Crippen molar-refractivity contribution in [3.63, 3.8) is 0 Å². The minimum Gasteiger partial charge on any atom is -0.378 e. The molecular formula is C21H19F2N5. The largest absolute Gasteiger partial charge is 0.378 e. The zero-order valence-corrected chi connectivity index (χ0v) is 15.4. The van der Waals surface area contributed by atoms with Gasteiger partial charge in [0.05, 0.1) is 17.4 Å². The molecule has 0 aliphatic rings. The molecule has 0 fully saturated rings. The van der Waals surface area contributed by atoms with Crippen molar-refractivity contribution >= 4 is 28.7 Å². The standard InChI is InChI=1S/C21H19F2N5/c1-13(15-7-16(22)9-17(23)8-15)25-18-4-6-21-19(10-18)20(26-27-21)5-3-14-11-24-28(2)12-14/h3-13,25H,1-2H3,(H,26,27)/b5-3+/t13-/m1/s1. The third-order valence-electron chi connectivity index (χ3n) is 4.52. The molecule has 4 aromatic rings. The van der Waals surface area contributed by atoms with Gasteiger partial charge in [0.2, 0.25) is 0 Å². The van der Waals surface area contributed by atoms with E-state index in [1.807, 2.05) is 50.5 Å². The summed E-state index contributed by atoms with van der Waals surface area (Å²) in [7, 11) is 1.87. The van der Waals surface area contributed by atoms with Crippen LogP contribution in [-0.2, 0) is 7.05 Å². The second kappa shape index (κ2) is 7.26. The topological polar surface area (TPSA) is 58.5 Å². The van der Waals surface area contributed by atoms with Crippen LogP contribution in [0.4, 0.5) is 14.5 Å². The van der Waals surface area contributed by atoms with Crippen molar-refractivity contribution in [3.05, 3.63) is 77.2 Å². The van der Waals surface area contributed by atoms with E-state index in [1.165, 1.54) is 12.1 Å². The van der Waals surface area contributed by atoms with Crippen molar-refractivity contribution in [2.24, 2.45) is 7.05 Å². The summed E-state index contributed by atoms with van der Waals surface area (Å²) < 4.78 is 28.7. The lowest BCUT2D eigenvalue weighted by Gasteiger charge is -2.16. The Morgan fingerprint density at radius 2 is 1.89 bits per heavy atom. The van der Waals surface area contributed by atoms with Crippen molar-refractivity contribution in [2.75, 3.05) is 5.32 Å². The van der Waals surface area contributed by atoms with Crippen molar-refractivity contribution in [1.29, 1.82) is 0 Å². The molecule has 0 aliphatic heterocycles. The number of H-pyrrole nitrogens is 1. The molecule has 0 saturated carbocycles. The molecule has 2 aromatic carbocycles. The molecule has 0 saturated heterocycles. The zero-order chi connectivity index (χ0) is 19.7. The lowest BCUT2D eigenvalue weighted by molar-refractivity contribution is 0.577. The van der Waals surface area contributed by atoms with E-state index in [9.17, 15) is 8.78 Å². The number of rotatable bonds is 5. The van der Waals surface area contributed by atoms with Crippen LogP contribution >= 0.6 is 0 Å². The minimum absolute atomic E-state index is 0.260. The van der Waals surface area contributed by atoms with Crippen molar-refractivity contribution in [1.82, 2.24) is 20.0 Å². The third kappa shape index (κ3) is 3.78. The van der Waals surface area contributed by atoms with Crippen LogP contribution in [0.1, 0.15) is 29.8 Å². The van der Waals surface area contributed by atoms with Crippen LogP contribution < -0.4 is 5.32 Å². The molecule has 2 aromatic heterocycles.